The number of carbonyl (C=O) groups is 4. The van der Waals surface area contributed by atoms with Crippen molar-refractivity contribution >= 4 is 84.1 Å². The number of benzene rings is 5. The number of rotatable bonds is 10. The maximum Gasteiger partial charge on any atom is 0.407 e. The van der Waals surface area contributed by atoms with Gasteiger partial charge in [-0.2, -0.15) is 0 Å². The molecule has 54 heavy (non-hydrogen) atoms. The first kappa shape index (κ1) is 34.9. The molecule has 1 aliphatic rings. The van der Waals surface area contributed by atoms with Gasteiger partial charge >= 0.3 is 12.2 Å². The SMILES string of the molecule is COC(=O)NCC(=O)Pc1ncc(-c2ccc3c4c(ccc3c2)-c2ccc3cc(-c5ccc6nc(PC(=O)CNC(=O)OC)[nH]c6c5)ccc3c2OC4)[nH]1. The Morgan fingerprint density at radius 1 is 0.722 bits per heavy atom. The molecule has 7 aromatic rings. The fraction of sp³-hybridized carbons (Fsp3) is 0.128. The Morgan fingerprint density at radius 2 is 1.35 bits per heavy atom. The number of alkyl carbamates (subject to hydrolysis) is 2. The number of nitrogens with one attached hydrogen (secondary N) is 4. The lowest BCUT2D eigenvalue weighted by atomic mass is 9.89. The van der Waals surface area contributed by atoms with E-state index in [9.17, 15) is 19.2 Å². The van der Waals surface area contributed by atoms with E-state index in [1.807, 2.05) is 24.3 Å². The number of amides is 2. The molecule has 13 nitrogen and oxygen atoms in total. The minimum atomic E-state index is -0.650. The minimum Gasteiger partial charge on any atom is -0.488 e. The van der Waals surface area contributed by atoms with Crippen molar-refractivity contribution in [3.8, 4) is 39.3 Å². The highest BCUT2D eigenvalue weighted by molar-refractivity contribution is 7.65. The van der Waals surface area contributed by atoms with Gasteiger partial charge in [-0.15, -0.1) is 0 Å². The normalized spacial score (nSPS) is 12.3. The third-order valence-electron chi connectivity index (χ3n) is 9.13. The number of aromatic nitrogens is 4. The van der Waals surface area contributed by atoms with Crippen LogP contribution in [0.4, 0.5) is 9.59 Å². The fourth-order valence-corrected chi connectivity index (χ4v) is 8.13. The topological polar surface area (TPSA) is 177 Å². The fourth-order valence-electron chi connectivity index (χ4n) is 6.54. The molecule has 3 heterocycles. The Bertz CT molecular complexity index is 2650. The lowest BCUT2D eigenvalue weighted by Crippen LogP contribution is -2.28. The van der Waals surface area contributed by atoms with Gasteiger partial charge in [0.05, 0.1) is 50.2 Å². The molecule has 0 spiro atoms. The Morgan fingerprint density at radius 3 is 2.11 bits per heavy atom. The Hall–Kier alpha value is -6.16. The second-order valence-corrected chi connectivity index (χ2v) is 15.0. The summed E-state index contributed by atoms with van der Waals surface area (Å²) < 4.78 is 15.5. The number of fused-ring (bicyclic) bond motifs is 8. The van der Waals surface area contributed by atoms with Crippen molar-refractivity contribution in [2.45, 2.75) is 6.61 Å². The van der Waals surface area contributed by atoms with E-state index in [0.29, 0.717) is 17.7 Å². The summed E-state index contributed by atoms with van der Waals surface area (Å²) in [7, 11) is 2.05. The van der Waals surface area contributed by atoms with Crippen molar-refractivity contribution in [3.63, 3.8) is 0 Å². The van der Waals surface area contributed by atoms with Crippen molar-refractivity contribution in [1.82, 2.24) is 30.6 Å². The molecule has 0 aliphatic carbocycles. The number of aromatic amines is 2. The third kappa shape index (κ3) is 6.99. The number of methoxy groups -OCH3 is 2. The molecule has 8 rings (SSSR count). The highest BCUT2D eigenvalue weighted by atomic mass is 31.1. The summed E-state index contributed by atoms with van der Waals surface area (Å²) in [5.41, 5.74) is 9.42. The van der Waals surface area contributed by atoms with Gasteiger partial charge in [0.2, 0.25) is 0 Å². The first-order chi connectivity index (χ1) is 26.3. The van der Waals surface area contributed by atoms with Crippen LogP contribution in [0.1, 0.15) is 5.56 Å². The summed E-state index contributed by atoms with van der Waals surface area (Å²) in [6, 6.07) is 27.0. The highest BCUT2D eigenvalue weighted by Crippen LogP contribution is 2.45. The standard InChI is InChI=1S/C39H32N6O7P2/c1-50-38(48)41-17-33(46)53-36-40-16-32(45-36)24-6-8-25-22(14-24)4-10-27-28-11-5-23-13-20(3-9-26(23)35(28)52-19-29(25)27)21-7-12-30-31(15-21)44-37(43-30)54-34(47)18-42-39(49)51-2/h3-16,53-54H,17-19H2,1-2H3,(H,40,45)(H,41,48)(H,42,49)(H,43,44). The zero-order chi connectivity index (χ0) is 37.3. The predicted octanol–water partition coefficient (Wildman–Crippen LogP) is 5.86. The third-order valence-corrected chi connectivity index (χ3v) is 11.0. The van der Waals surface area contributed by atoms with Crippen LogP contribution in [0, 0.1) is 0 Å². The summed E-state index contributed by atoms with van der Waals surface area (Å²) in [4.78, 5) is 62.6. The predicted molar refractivity (Wildman–Crippen MR) is 211 cm³/mol. The van der Waals surface area contributed by atoms with Crippen LogP contribution in [-0.4, -0.2) is 70.5 Å². The zero-order valence-corrected chi connectivity index (χ0v) is 31.0. The molecular formula is C39H32N6O7P2. The minimum absolute atomic E-state index is 0.122. The maximum absolute atomic E-state index is 12.3. The maximum atomic E-state index is 12.3. The molecule has 15 heteroatoms. The molecule has 0 saturated heterocycles. The number of nitrogens with zero attached hydrogens (tertiary/aromatic N) is 2. The largest absolute Gasteiger partial charge is 0.488 e. The summed E-state index contributed by atoms with van der Waals surface area (Å²) in [5, 5.41) is 9.04. The van der Waals surface area contributed by atoms with Gasteiger partial charge in [0.25, 0.3) is 0 Å². The molecule has 0 saturated carbocycles. The Kier molecular flexibility index (Phi) is 9.50. The monoisotopic (exact) mass is 758 g/mol. The first-order valence-electron chi connectivity index (χ1n) is 16.8. The van der Waals surface area contributed by atoms with Crippen LogP contribution in [0.2, 0.25) is 0 Å². The number of imidazole rings is 2. The van der Waals surface area contributed by atoms with Crippen LogP contribution in [0.15, 0.2) is 85.1 Å². The smallest absolute Gasteiger partial charge is 0.407 e. The van der Waals surface area contributed by atoms with Crippen LogP contribution in [0.5, 0.6) is 5.75 Å². The molecule has 0 radical (unpaired) electrons. The second-order valence-electron chi connectivity index (χ2n) is 12.4. The van der Waals surface area contributed by atoms with Crippen LogP contribution >= 0.6 is 17.2 Å². The Labute approximate surface area is 311 Å². The average molecular weight is 759 g/mol. The number of hydrogen-bond acceptors (Lipinski definition) is 9. The van der Waals surface area contributed by atoms with Gasteiger partial charge in [-0.25, -0.2) is 19.6 Å². The first-order valence-corrected chi connectivity index (χ1v) is 18.8. The van der Waals surface area contributed by atoms with Gasteiger partial charge in [0, 0.05) is 39.2 Å². The van der Waals surface area contributed by atoms with E-state index in [4.69, 9.17) is 4.74 Å². The van der Waals surface area contributed by atoms with Gasteiger partial charge < -0.3 is 34.8 Å². The summed E-state index contributed by atoms with van der Waals surface area (Å²) in [5.74, 6) is 0.852. The van der Waals surface area contributed by atoms with Gasteiger partial charge in [-0.05, 0) is 57.1 Å². The number of carbonyl (C=O) groups excluding carboxylic acids is 4. The molecule has 2 amide bonds. The van der Waals surface area contributed by atoms with Crippen LogP contribution in [0.25, 0.3) is 66.1 Å². The zero-order valence-electron chi connectivity index (χ0n) is 29.0. The molecule has 2 aromatic heterocycles. The van der Waals surface area contributed by atoms with E-state index in [-0.39, 0.29) is 41.3 Å². The molecule has 5 aromatic carbocycles. The van der Waals surface area contributed by atoms with E-state index < -0.39 is 12.2 Å². The van der Waals surface area contributed by atoms with Crippen molar-refractivity contribution in [2.24, 2.45) is 0 Å². The van der Waals surface area contributed by atoms with E-state index >= 15 is 0 Å². The van der Waals surface area contributed by atoms with Crippen molar-refractivity contribution in [1.29, 1.82) is 0 Å². The van der Waals surface area contributed by atoms with E-state index in [1.54, 1.807) is 6.20 Å². The Balaban J connectivity index is 1.01. The summed E-state index contributed by atoms with van der Waals surface area (Å²) in [6.45, 7) is 0.184. The van der Waals surface area contributed by atoms with Gasteiger partial charge in [0.1, 0.15) is 23.5 Å². The van der Waals surface area contributed by atoms with Crippen molar-refractivity contribution < 1.29 is 33.4 Å². The quantitative estimate of drug-likeness (QED) is 0.125. The van der Waals surface area contributed by atoms with Gasteiger partial charge in [0.15, 0.2) is 11.0 Å². The molecule has 4 N–H and O–H groups in total. The molecule has 1 aliphatic heterocycles. The molecule has 2 atom stereocenters. The van der Waals surface area contributed by atoms with E-state index in [2.05, 4.69) is 94.6 Å². The average Bonchev–Trinajstić information content (AvgIpc) is 3.84. The number of ether oxygens (including phenoxy) is 3. The van der Waals surface area contributed by atoms with E-state index in [0.717, 1.165) is 77.4 Å². The van der Waals surface area contributed by atoms with Gasteiger partial charge in [-0.1, -0.05) is 54.6 Å². The summed E-state index contributed by atoms with van der Waals surface area (Å²) in [6.07, 6.45) is 0.414. The van der Waals surface area contributed by atoms with Gasteiger partial charge in [-0.3, -0.25) is 9.59 Å². The molecule has 270 valence electrons. The molecular weight excluding hydrogens is 726 g/mol. The molecule has 2 unspecified atom stereocenters. The lowest BCUT2D eigenvalue weighted by Gasteiger charge is -2.24. The molecule has 0 fully saturated rings. The lowest BCUT2D eigenvalue weighted by molar-refractivity contribution is -0.111. The van der Waals surface area contributed by atoms with Crippen LogP contribution < -0.4 is 26.5 Å². The summed E-state index contributed by atoms with van der Waals surface area (Å²) >= 11 is 0. The molecule has 0 bridgehead atoms. The van der Waals surface area contributed by atoms with Crippen molar-refractivity contribution in [3.05, 3.63) is 90.6 Å². The second kappa shape index (κ2) is 14.7. The number of hydrogen-bond donors (Lipinski definition) is 4. The van der Waals surface area contributed by atoms with E-state index in [1.165, 1.54) is 14.2 Å². The number of H-pyrrole nitrogens is 2. The van der Waals surface area contributed by atoms with Crippen molar-refractivity contribution in [2.75, 3.05) is 27.3 Å². The van der Waals surface area contributed by atoms with Crippen LogP contribution in [-0.2, 0) is 25.7 Å². The highest BCUT2D eigenvalue weighted by Gasteiger charge is 2.22. The van der Waals surface area contributed by atoms with Crippen LogP contribution in [0.3, 0.4) is 0 Å².